The highest BCUT2D eigenvalue weighted by Gasteiger charge is 2.17. The molecule has 2 aromatic rings. The molecule has 0 saturated heterocycles. The minimum Gasteiger partial charge on any atom is -0.390 e. The molecule has 5 nitrogen and oxygen atoms in total. The van der Waals surface area contributed by atoms with Crippen LogP contribution in [0.3, 0.4) is 0 Å². The SMILES string of the molecule is CC[C@H](NC(=O)c1ccc(CCC(C)(C)O)cc1)c1ccnn1C. The molecule has 1 amide bonds. The van der Waals surface area contributed by atoms with Gasteiger partial charge in [-0.1, -0.05) is 19.1 Å². The van der Waals surface area contributed by atoms with E-state index in [1.165, 1.54) is 0 Å². The smallest absolute Gasteiger partial charge is 0.251 e. The van der Waals surface area contributed by atoms with E-state index in [9.17, 15) is 9.90 Å². The van der Waals surface area contributed by atoms with Crippen LogP contribution < -0.4 is 5.32 Å². The maximum atomic E-state index is 12.5. The molecule has 0 bridgehead atoms. The van der Waals surface area contributed by atoms with Gasteiger partial charge in [0.1, 0.15) is 0 Å². The summed E-state index contributed by atoms with van der Waals surface area (Å²) in [4.78, 5) is 12.5. The molecule has 1 aromatic carbocycles. The van der Waals surface area contributed by atoms with E-state index in [2.05, 4.69) is 10.4 Å². The number of carbonyl (C=O) groups excluding carboxylic acids is 1. The van der Waals surface area contributed by atoms with Gasteiger partial charge in [-0.25, -0.2) is 0 Å². The highest BCUT2D eigenvalue weighted by Crippen LogP contribution is 2.17. The number of nitrogens with zero attached hydrogens (tertiary/aromatic N) is 2. The fourth-order valence-corrected chi connectivity index (χ4v) is 2.63. The molecule has 0 saturated carbocycles. The second-order valence-corrected chi connectivity index (χ2v) is 6.82. The van der Waals surface area contributed by atoms with E-state index in [0.29, 0.717) is 12.0 Å². The molecule has 0 spiro atoms. The summed E-state index contributed by atoms with van der Waals surface area (Å²) in [6.45, 7) is 5.65. The Labute approximate surface area is 143 Å². The average Bonchev–Trinajstić information content (AvgIpc) is 2.96. The zero-order valence-electron chi connectivity index (χ0n) is 14.9. The number of aryl methyl sites for hydroxylation is 2. The summed E-state index contributed by atoms with van der Waals surface area (Å²) in [5.41, 5.74) is 2.08. The number of hydrogen-bond donors (Lipinski definition) is 2. The highest BCUT2D eigenvalue weighted by molar-refractivity contribution is 5.94. The zero-order valence-corrected chi connectivity index (χ0v) is 14.9. The molecule has 2 rings (SSSR count). The molecule has 0 unspecified atom stereocenters. The second kappa shape index (κ2) is 7.62. The Morgan fingerprint density at radius 1 is 1.29 bits per heavy atom. The molecule has 130 valence electrons. The largest absolute Gasteiger partial charge is 0.390 e. The fourth-order valence-electron chi connectivity index (χ4n) is 2.63. The number of aromatic nitrogens is 2. The third-order valence-corrected chi connectivity index (χ3v) is 4.17. The van der Waals surface area contributed by atoms with Crippen molar-refractivity contribution in [3.8, 4) is 0 Å². The Kier molecular flexibility index (Phi) is 5.78. The van der Waals surface area contributed by atoms with Crippen LogP contribution in [-0.4, -0.2) is 26.4 Å². The van der Waals surface area contributed by atoms with Crippen molar-refractivity contribution in [2.75, 3.05) is 0 Å². The number of hydrogen-bond acceptors (Lipinski definition) is 3. The van der Waals surface area contributed by atoms with Gasteiger partial charge in [-0.15, -0.1) is 0 Å². The second-order valence-electron chi connectivity index (χ2n) is 6.82. The van der Waals surface area contributed by atoms with Gasteiger partial charge in [-0.3, -0.25) is 9.48 Å². The summed E-state index contributed by atoms with van der Waals surface area (Å²) < 4.78 is 1.79. The minimum atomic E-state index is -0.673. The molecule has 24 heavy (non-hydrogen) atoms. The summed E-state index contributed by atoms with van der Waals surface area (Å²) in [7, 11) is 1.88. The quantitative estimate of drug-likeness (QED) is 0.820. The Balaban J connectivity index is 2.00. The van der Waals surface area contributed by atoms with Gasteiger partial charge in [-0.2, -0.15) is 5.10 Å². The standard InChI is InChI=1S/C19H27N3O2/c1-5-16(17-11-13-20-22(17)4)21-18(23)15-8-6-14(7-9-15)10-12-19(2,3)24/h6-9,11,13,16,24H,5,10,12H2,1-4H3,(H,21,23)/t16-/m0/s1. The maximum Gasteiger partial charge on any atom is 0.251 e. The van der Waals surface area contributed by atoms with Crippen molar-refractivity contribution in [1.82, 2.24) is 15.1 Å². The van der Waals surface area contributed by atoms with Crippen LogP contribution in [0.15, 0.2) is 36.5 Å². The highest BCUT2D eigenvalue weighted by atomic mass is 16.3. The number of benzene rings is 1. The van der Waals surface area contributed by atoms with Crippen molar-refractivity contribution >= 4 is 5.91 Å². The summed E-state index contributed by atoms with van der Waals surface area (Å²) in [6, 6.07) is 9.45. The van der Waals surface area contributed by atoms with Gasteiger partial charge in [-0.05, 0) is 56.9 Å². The molecule has 0 aliphatic rings. The maximum absolute atomic E-state index is 12.5. The van der Waals surface area contributed by atoms with E-state index in [1.54, 1.807) is 24.7 Å². The van der Waals surface area contributed by atoms with Crippen LogP contribution in [0.5, 0.6) is 0 Å². The Bertz CT molecular complexity index is 669. The van der Waals surface area contributed by atoms with Crippen LogP contribution >= 0.6 is 0 Å². The third-order valence-electron chi connectivity index (χ3n) is 4.17. The van der Waals surface area contributed by atoms with Crippen molar-refractivity contribution < 1.29 is 9.90 Å². The van der Waals surface area contributed by atoms with Gasteiger partial charge in [0, 0.05) is 18.8 Å². The van der Waals surface area contributed by atoms with Gasteiger partial charge in [0.25, 0.3) is 5.91 Å². The van der Waals surface area contributed by atoms with Gasteiger partial charge >= 0.3 is 0 Å². The predicted molar refractivity (Wildman–Crippen MR) is 94.8 cm³/mol. The number of rotatable bonds is 7. The predicted octanol–water partition coefficient (Wildman–Crippen LogP) is 3.00. The fraction of sp³-hybridized carbons (Fsp3) is 0.474. The first-order valence-electron chi connectivity index (χ1n) is 8.40. The average molecular weight is 329 g/mol. The third kappa shape index (κ3) is 4.93. The molecule has 5 heteroatoms. The zero-order chi connectivity index (χ0) is 17.7. The van der Waals surface area contributed by atoms with E-state index >= 15 is 0 Å². The summed E-state index contributed by atoms with van der Waals surface area (Å²) in [5.74, 6) is -0.0860. The van der Waals surface area contributed by atoms with Crippen LogP contribution in [0.25, 0.3) is 0 Å². The van der Waals surface area contributed by atoms with E-state index < -0.39 is 5.60 Å². The van der Waals surface area contributed by atoms with Gasteiger partial charge in [0.2, 0.25) is 0 Å². The van der Waals surface area contributed by atoms with Crippen LogP contribution in [0.4, 0.5) is 0 Å². The number of amides is 1. The van der Waals surface area contributed by atoms with Crippen LogP contribution in [-0.2, 0) is 13.5 Å². The van der Waals surface area contributed by atoms with Gasteiger partial charge < -0.3 is 10.4 Å². The molecule has 1 aromatic heterocycles. The molecule has 0 aliphatic heterocycles. The van der Waals surface area contributed by atoms with Crippen LogP contribution in [0.2, 0.25) is 0 Å². The Hall–Kier alpha value is -2.14. The van der Waals surface area contributed by atoms with Crippen LogP contribution in [0, 0.1) is 0 Å². The first-order valence-corrected chi connectivity index (χ1v) is 8.40. The Morgan fingerprint density at radius 2 is 1.96 bits per heavy atom. The van der Waals surface area contributed by atoms with Crippen LogP contribution in [0.1, 0.15) is 61.3 Å². The molecule has 2 N–H and O–H groups in total. The molecular formula is C19H27N3O2. The first-order chi connectivity index (χ1) is 11.3. The number of nitrogens with one attached hydrogen (secondary N) is 1. The van der Waals surface area contributed by atoms with Crippen molar-refractivity contribution in [2.45, 2.75) is 51.7 Å². The monoisotopic (exact) mass is 329 g/mol. The Morgan fingerprint density at radius 3 is 2.46 bits per heavy atom. The van der Waals surface area contributed by atoms with E-state index in [0.717, 1.165) is 24.1 Å². The first kappa shape index (κ1) is 18.2. The minimum absolute atomic E-state index is 0.0557. The topological polar surface area (TPSA) is 67.2 Å². The lowest BCUT2D eigenvalue weighted by molar-refractivity contribution is 0.0713. The lowest BCUT2D eigenvalue weighted by atomic mass is 9.98. The van der Waals surface area contributed by atoms with Crippen molar-refractivity contribution in [3.63, 3.8) is 0 Å². The molecule has 0 fully saturated rings. The molecule has 0 radical (unpaired) electrons. The van der Waals surface area contributed by atoms with Gasteiger partial charge in [0.05, 0.1) is 17.3 Å². The number of carbonyl (C=O) groups is 1. The molecule has 1 heterocycles. The van der Waals surface area contributed by atoms with E-state index in [4.69, 9.17) is 0 Å². The van der Waals surface area contributed by atoms with Crippen molar-refractivity contribution in [2.24, 2.45) is 7.05 Å². The van der Waals surface area contributed by atoms with E-state index in [-0.39, 0.29) is 11.9 Å². The summed E-state index contributed by atoms with van der Waals surface area (Å²) in [6.07, 6.45) is 4.02. The lowest BCUT2D eigenvalue weighted by Crippen LogP contribution is -2.29. The normalized spacial score (nSPS) is 12.9. The van der Waals surface area contributed by atoms with Gasteiger partial charge in [0.15, 0.2) is 0 Å². The van der Waals surface area contributed by atoms with Crippen molar-refractivity contribution in [1.29, 1.82) is 0 Å². The lowest BCUT2D eigenvalue weighted by Gasteiger charge is -2.18. The molecular weight excluding hydrogens is 302 g/mol. The molecule has 1 atom stereocenters. The molecule has 0 aliphatic carbocycles. The van der Waals surface area contributed by atoms with E-state index in [1.807, 2.05) is 44.3 Å². The summed E-state index contributed by atoms with van der Waals surface area (Å²) in [5, 5.41) is 17.0. The van der Waals surface area contributed by atoms with Crippen molar-refractivity contribution in [3.05, 3.63) is 53.3 Å². The summed E-state index contributed by atoms with van der Waals surface area (Å²) >= 11 is 0. The number of aliphatic hydroxyl groups is 1.